The van der Waals surface area contributed by atoms with Gasteiger partial charge < -0.3 is 11.1 Å². The fourth-order valence-electron chi connectivity index (χ4n) is 1.49. The summed E-state index contributed by atoms with van der Waals surface area (Å²) in [6.07, 6.45) is 3.63. The second-order valence-corrected chi connectivity index (χ2v) is 3.73. The molecule has 1 rings (SSSR count). The van der Waals surface area contributed by atoms with Crippen LogP contribution in [-0.2, 0) is 0 Å². The van der Waals surface area contributed by atoms with E-state index >= 15 is 0 Å². The van der Waals surface area contributed by atoms with Crippen LogP contribution in [0.3, 0.4) is 0 Å². The lowest BCUT2D eigenvalue weighted by Crippen LogP contribution is -2.22. The molecule has 0 aliphatic rings. The average Bonchev–Trinajstić information content (AvgIpc) is 2.35. The lowest BCUT2D eigenvalue weighted by molar-refractivity contribution is 0.0959. The smallest absolute Gasteiger partial charge is 0.271 e. The van der Waals surface area contributed by atoms with E-state index in [1.54, 1.807) is 6.07 Å². The zero-order chi connectivity index (χ0) is 12.8. The molecule has 0 saturated heterocycles. The van der Waals surface area contributed by atoms with E-state index in [4.69, 9.17) is 5.73 Å². The number of amides is 1. The highest BCUT2D eigenvalue weighted by molar-refractivity contribution is 6.06. The number of anilines is 1. The minimum atomic E-state index is -0.382. The summed E-state index contributed by atoms with van der Waals surface area (Å²) < 4.78 is 0. The van der Waals surface area contributed by atoms with E-state index in [0.29, 0.717) is 12.0 Å². The van der Waals surface area contributed by atoms with Gasteiger partial charge in [-0.3, -0.25) is 9.59 Å². The van der Waals surface area contributed by atoms with E-state index in [1.165, 1.54) is 13.2 Å². The number of pyridine rings is 1. The molecule has 0 saturated carbocycles. The van der Waals surface area contributed by atoms with Crippen LogP contribution in [0.15, 0.2) is 12.3 Å². The van der Waals surface area contributed by atoms with Gasteiger partial charge in [0, 0.05) is 25.2 Å². The highest BCUT2D eigenvalue weighted by Gasteiger charge is 2.16. The third-order valence-corrected chi connectivity index (χ3v) is 2.49. The van der Waals surface area contributed by atoms with Gasteiger partial charge in [0.1, 0.15) is 0 Å². The van der Waals surface area contributed by atoms with Crippen molar-refractivity contribution >= 4 is 17.4 Å². The molecule has 1 heterocycles. The lowest BCUT2D eigenvalue weighted by Gasteiger charge is -2.08. The van der Waals surface area contributed by atoms with Crippen molar-refractivity contribution in [3.8, 4) is 0 Å². The Morgan fingerprint density at radius 3 is 2.76 bits per heavy atom. The van der Waals surface area contributed by atoms with Gasteiger partial charge in [0.15, 0.2) is 11.5 Å². The summed E-state index contributed by atoms with van der Waals surface area (Å²) in [7, 11) is 1.50. The Bertz CT molecular complexity index is 430. The van der Waals surface area contributed by atoms with Crippen molar-refractivity contribution in [1.29, 1.82) is 0 Å². The van der Waals surface area contributed by atoms with Crippen molar-refractivity contribution in [3.63, 3.8) is 0 Å². The molecular weight excluding hydrogens is 218 g/mol. The maximum atomic E-state index is 11.8. The summed E-state index contributed by atoms with van der Waals surface area (Å²) in [5, 5.41) is 2.44. The molecule has 0 aliphatic carbocycles. The van der Waals surface area contributed by atoms with E-state index in [0.717, 1.165) is 12.8 Å². The Hall–Kier alpha value is -1.91. The molecular formula is C12H17N3O2. The number of unbranched alkanes of at least 4 members (excludes halogenated alkanes) is 1. The van der Waals surface area contributed by atoms with Gasteiger partial charge in [0.2, 0.25) is 0 Å². The number of nitrogens with zero attached hydrogens (tertiary/aromatic N) is 1. The number of aromatic nitrogens is 1. The van der Waals surface area contributed by atoms with Gasteiger partial charge in [0.05, 0.1) is 5.69 Å². The van der Waals surface area contributed by atoms with Crippen molar-refractivity contribution in [1.82, 2.24) is 10.3 Å². The number of rotatable bonds is 5. The van der Waals surface area contributed by atoms with Gasteiger partial charge in [-0.25, -0.2) is 4.98 Å². The molecule has 3 N–H and O–H groups in total. The van der Waals surface area contributed by atoms with Crippen molar-refractivity contribution in [2.24, 2.45) is 0 Å². The zero-order valence-electron chi connectivity index (χ0n) is 10.1. The molecule has 0 aromatic carbocycles. The van der Waals surface area contributed by atoms with Crippen LogP contribution >= 0.6 is 0 Å². The molecule has 1 aromatic heterocycles. The monoisotopic (exact) mass is 235 g/mol. The standard InChI is InChI=1S/C12H17N3O2/c1-3-4-5-9(16)8-6-7-15-11(10(8)13)12(17)14-2/h6-7H,3-5,13H2,1-2H3,(H,14,17). The van der Waals surface area contributed by atoms with Crippen molar-refractivity contribution in [2.45, 2.75) is 26.2 Å². The molecule has 92 valence electrons. The van der Waals surface area contributed by atoms with Crippen molar-refractivity contribution in [3.05, 3.63) is 23.5 Å². The van der Waals surface area contributed by atoms with Gasteiger partial charge in [-0.2, -0.15) is 0 Å². The van der Waals surface area contributed by atoms with Gasteiger partial charge in [-0.05, 0) is 12.5 Å². The Labute approximate surface area is 100 Å². The van der Waals surface area contributed by atoms with Gasteiger partial charge in [-0.15, -0.1) is 0 Å². The molecule has 0 radical (unpaired) electrons. The maximum Gasteiger partial charge on any atom is 0.271 e. The number of carbonyl (C=O) groups is 2. The van der Waals surface area contributed by atoms with Crippen LogP contribution < -0.4 is 11.1 Å². The Morgan fingerprint density at radius 1 is 1.47 bits per heavy atom. The second-order valence-electron chi connectivity index (χ2n) is 3.73. The van der Waals surface area contributed by atoms with E-state index in [2.05, 4.69) is 10.3 Å². The number of hydrogen-bond acceptors (Lipinski definition) is 4. The summed E-state index contributed by atoms with van der Waals surface area (Å²) >= 11 is 0. The molecule has 0 unspecified atom stereocenters. The first-order valence-corrected chi connectivity index (χ1v) is 5.61. The molecule has 0 fully saturated rings. The molecule has 0 atom stereocenters. The number of Topliss-reactive ketones (excluding diaryl/α,β-unsaturated/α-hetero) is 1. The SMILES string of the molecule is CCCCC(=O)c1ccnc(C(=O)NC)c1N. The van der Waals surface area contributed by atoms with Crippen molar-refractivity contribution in [2.75, 3.05) is 12.8 Å². The van der Waals surface area contributed by atoms with E-state index in [-0.39, 0.29) is 23.1 Å². The summed E-state index contributed by atoms with van der Waals surface area (Å²) in [5.74, 6) is -0.426. The molecule has 1 amide bonds. The molecule has 5 nitrogen and oxygen atoms in total. The second kappa shape index (κ2) is 5.98. The lowest BCUT2D eigenvalue weighted by atomic mass is 10.0. The van der Waals surface area contributed by atoms with Crippen LogP contribution in [0.4, 0.5) is 5.69 Å². The highest BCUT2D eigenvalue weighted by atomic mass is 16.2. The number of carbonyl (C=O) groups excluding carboxylic acids is 2. The molecule has 0 spiro atoms. The first-order valence-electron chi connectivity index (χ1n) is 5.61. The van der Waals surface area contributed by atoms with E-state index in [1.807, 2.05) is 6.92 Å². The Balaban J connectivity index is 3.01. The third-order valence-electron chi connectivity index (χ3n) is 2.49. The van der Waals surface area contributed by atoms with Gasteiger partial charge >= 0.3 is 0 Å². The Morgan fingerprint density at radius 2 is 2.18 bits per heavy atom. The summed E-state index contributed by atoms with van der Waals surface area (Å²) in [5.41, 5.74) is 6.44. The first-order chi connectivity index (χ1) is 8.11. The topological polar surface area (TPSA) is 85.1 Å². The molecule has 1 aromatic rings. The fourth-order valence-corrected chi connectivity index (χ4v) is 1.49. The quantitative estimate of drug-likeness (QED) is 0.755. The zero-order valence-corrected chi connectivity index (χ0v) is 10.1. The third kappa shape index (κ3) is 3.03. The van der Waals surface area contributed by atoms with Crippen LogP contribution in [0.1, 0.15) is 47.0 Å². The Kier molecular flexibility index (Phi) is 4.63. The number of nitrogens with two attached hydrogens (primary N) is 1. The number of nitrogen functional groups attached to an aromatic ring is 1. The largest absolute Gasteiger partial charge is 0.396 e. The maximum absolute atomic E-state index is 11.8. The van der Waals surface area contributed by atoms with Crippen LogP contribution in [0.5, 0.6) is 0 Å². The van der Waals surface area contributed by atoms with Gasteiger partial charge in [-0.1, -0.05) is 13.3 Å². The average molecular weight is 235 g/mol. The van der Waals surface area contributed by atoms with Crippen LogP contribution in [-0.4, -0.2) is 23.7 Å². The number of hydrogen-bond donors (Lipinski definition) is 2. The van der Waals surface area contributed by atoms with E-state index < -0.39 is 0 Å². The molecule has 0 bridgehead atoms. The van der Waals surface area contributed by atoms with Gasteiger partial charge in [0.25, 0.3) is 5.91 Å². The predicted octanol–water partition coefficient (Wildman–Crippen LogP) is 1.40. The normalized spacial score (nSPS) is 10.0. The first kappa shape index (κ1) is 13.2. The number of ketones is 1. The van der Waals surface area contributed by atoms with E-state index in [9.17, 15) is 9.59 Å². The minimum Gasteiger partial charge on any atom is -0.396 e. The molecule has 17 heavy (non-hydrogen) atoms. The summed E-state index contributed by atoms with van der Waals surface area (Å²) in [6, 6.07) is 1.56. The number of nitrogens with one attached hydrogen (secondary N) is 1. The van der Waals surface area contributed by atoms with Crippen LogP contribution in [0.2, 0.25) is 0 Å². The molecule has 5 heteroatoms. The summed E-state index contributed by atoms with van der Waals surface area (Å²) in [6.45, 7) is 2.01. The van der Waals surface area contributed by atoms with Crippen LogP contribution in [0.25, 0.3) is 0 Å². The minimum absolute atomic E-state index is 0.0445. The van der Waals surface area contributed by atoms with Crippen molar-refractivity contribution < 1.29 is 9.59 Å². The highest BCUT2D eigenvalue weighted by Crippen LogP contribution is 2.17. The molecule has 0 aliphatic heterocycles. The van der Waals surface area contributed by atoms with Crippen LogP contribution in [0, 0.1) is 0 Å². The predicted molar refractivity (Wildman–Crippen MR) is 65.9 cm³/mol. The summed E-state index contributed by atoms with van der Waals surface area (Å²) in [4.78, 5) is 27.2. The fraction of sp³-hybridized carbons (Fsp3) is 0.417.